The topological polar surface area (TPSA) is 86.7 Å². The van der Waals surface area contributed by atoms with E-state index in [2.05, 4.69) is 5.32 Å². The summed E-state index contributed by atoms with van der Waals surface area (Å²) in [5, 5.41) is 11.5. The third-order valence-electron chi connectivity index (χ3n) is 3.91. The number of nitrogens with one attached hydrogen (secondary N) is 1. The monoisotopic (exact) mass is 254 g/mol. The summed E-state index contributed by atoms with van der Waals surface area (Å²) >= 11 is 0. The Bertz CT molecular complexity index is 370. The number of rotatable bonds is 4. The summed E-state index contributed by atoms with van der Waals surface area (Å²) < 4.78 is 0. The minimum atomic E-state index is -1.29. The van der Waals surface area contributed by atoms with Gasteiger partial charge in [-0.15, -0.1) is 0 Å². The van der Waals surface area contributed by atoms with Crippen LogP contribution in [0.4, 0.5) is 0 Å². The summed E-state index contributed by atoms with van der Waals surface area (Å²) in [6.45, 7) is 1.38. The fourth-order valence-corrected chi connectivity index (χ4v) is 2.47. The first-order valence-corrected chi connectivity index (χ1v) is 6.36. The standard InChI is InChI=1S/C12H18N2O4/c15-9(14-6-1-2-7-14)8-13-10(16)12(11(17)18)4-3-5-12/h1-8H2,(H,13,16)(H,17,18). The van der Waals surface area contributed by atoms with E-state index in [-0.39, 0.29) is 12.5 Å². The highest BCUT2D eigenvalue weighted by atomic mass is 16.4. The van der Waals surface area contributed by atoms with Crippen LogP contribution in [0.1, 0.15) is 32.1 Å². The van der Waals surface area contributed by atoms with Crippen molar-refractivity contribution in [1.29, 1.82) is 0 Å². The summed E-state index contributed by atoms with van der Waals surface area (Å²) in [7, 11) is 0. The lowest BCUT2D eigenvalue weighted by atomic mass is 9.68. The van der Waals surface area contributed by atoms with E-state index in [0.717, 1.165) is 32.4 Å². The lowest BCUT2D eigenvalue weighted by Crippen LogP contribution is -2.52. The Morgan fingerprint density at radius 1 is 1.11 bits per heavy atom. The highest BCUT2D eigenvalue weighted by Crippen LogP contribution is 2.41. The molecule has 1 aliphatic carbocycles. The van der Waals surface area contributed by atoms with Crippen LogP contribution in [-0.2, 0) is 14.4 Å². The van der Waals surface area contributed by atoms with Gasteiger partial charge in [0.15, 0.2) is 0 Å². The Hall–Kier alpha value is -1.59. The number of hydrogen-bond donors (Lipinski definition) is 2. The van der Waals surface area contributed by atoms with Gasteiger partial charge >= 0.3 is 5.97 Å². The Labute approximate surface area is 105 Å². The number of carboxylic acid groups (broad SMARTS) is 1. The van der Waals surface area contributed by atoms with Crippen molar-refractivity contribution in [3.8, 4) is 0 Å². The molecule has 0 radical (unpaired) electrons. The minimum Gasteiger partial charge on any atom is -0.480 e. The number of carbonyl (C=O) groups excluding carboxylic acids is 2. The van der Waals surface area contributed by atoms with Crippen LogP contribution in [0, 0.1) is 5.41 Å². The van der Waals surface area contributed by atoms with Gasteiger partial charge in [-0.3, -0.25) is 14.4 Å². The van der Waals surface area contributed by atoms with Crippen LogP contribution >= 0.6 is 0 Å². The van der Waals surface area contributed by atoms with Gasteiger partial charge in [-0.05, 0) is 25.7 Å². The first-order valence-electron chi connectivity index (χ1n) is 6.36. The molecule has 1 aliphatic heterocycles. The molecule has 0 unspecified atom stereocenters. The second-order valence-electron chi connectivity index (χ2n) is 5.01. The van der Waals surface area contributed by atoms with Crippen LogP contribution in [0.15, 0.2) is 0 Å². The van der Waals surface area contributed by atoms with Crippen LogP contribution in [0.5, 0.6) is 0 Å². The molecular weight excluding hydrogens is 236 g/mol. The van der Waals surface area contributed by atoms with Crippen molar-refractivity contribution < 1.29 is 19.5 Å². The SMILES string of the molecule is O=C(CNC(=O)C1(C(=O)O)CCC1)N1CCCC1. The second-order valence-corrected chi connectivity index (χ2v) is 5.01. The van der Waals surface area contributed by atoms with Gasteiger partial charge in [0, 0.05) is 13.1 Å². The second kappa shape index (κ2) is 4.96. The summed E-state index contributed by atoms with van der Waals surface area (Å²) in [4.78, 5) is 36.4. The summed E-state index contributed by atoms with van der Waals surface area (Å²) in [6.07, 6.45) is 3.48. The van der Waals surface area contributed by atoms with E-state index >= 15 is 0 Å². The van der Waals surface area contributed by atoms with Gasteiger partial charge < -0.3 is 15.3 Å². The number of hydrogen-bond acceptors (Lipinski definition) is 3. The van der Waals surface area contributed by atoms with E-state index in [4.69, 9.17) is 5.11 Å². The average molecular weight is 254 g/mol. The van der Waals surface area contributed by atoms with Gasteiger partial charge in [-0.1, -0.05) is 6.42 Å². The number of likely N-dealkylation sites (tertiary alicyclic amines) is 1. The number of nitrogens with zero attached hydrogens (tertiary/aromatic N) is 1. The molecule has 1 saturated heterocycles. The van der Waals surface area contributed by atoms with Gasteiger partial charge in [0.05, 0.1) is 6.54 Å². The van der Waals surface area contributed by atoms with Gasteiger partial charge in [-0.25, -0.2) is 0 Å². The van der Waals surface area contributed by atoms with E-state index in [0.29, 0.717) is 12.8 Å². The summed E-state index contributed by atoms with van der Waals surface area (Å²) in [5.74, 6) is -1.73. The molecule has 2 rings (SSSR count). The Morgan fingerprint density at radius 3 is 2.17 bits per heavy atom. The largest absolute Gasteiger partial charge is 0.480 e. The number of carboxylic acids is 1. The van der Waals surface area contributed by atoms with Crippen molar-refractivity contribution in [2.45, 2.75) is 32.1 Å². The molecular formula is C12H18N2O4. The Kier molecular flexibility index (Phi) is 3.54. The third-order valence-corrected chi connectivity index (χ3v) is 3.91. The van der Waals surface area contributed by atoms with E-state index in [1.54, 1.807) is 4.90 Å². The van der Waals surface area contributed by atoms with Crippen LogP contribution in [0.25, 0.3) is 0 Å². The smallest absolute Gasteiger partial charge is 0.319 e. The quantitative estimate of drug-likeness (QED) is 0.690. The van der Waals surface area contributed by atoms with Gasteiger partial charge in [-0.2, -0.15) is 0 Å². The molecule has 2 fully saturated rings. The van der Waals surface area contributed by atoms with E-state index in [1.807, 2.05) is 0 Å². The van der Waals surface area contributed by atoms with Gasteiger partial charge in [0.1, 0.15) is 5.41 Å². The van der Waals surface area contributed by atoms with E-state index < -0.39 is 17.3 Å². The molecule has 2 aliphatic rings. The van der Waals surface area contributed by atoms with E-state index in [1.165, 1.54) is 0 Å². The maximum absolute atomic E-state index is 11.8. The Balaban J connectivity index is 1.84. The van der Waals surface area contributed by atoms with Crippen molar-refractivity contribution in [3.05, 3.63) is 0 Å². The molecule has 0 aromatic carbocycles. The zero-order valence-electron chi connectivity index (χ0n) is 10.3. The highest BCUT2D eigenvalue weighted by molar-refractivity contribution is 6.03. The van der Waals surface area contributed by atoms with Gasteiger partial charge in [0.2, 0.25) is 11.8 Å². The zero-order valence-corrected chi connectivity index (χ0v) is 10.3. The Morgan fingerprint density at radius 2 is 1.72 bits per heavy atom. The maximum Gasteiger partial charge on any atom is 0.319 e. The third kappa shape index (κ3) is 2.19. The lowest BCUT2D eigenvalue weighted by molar-refractivity contribution is -0.162. The van der Waals surface area contributed by atoms with Crippen LogP contribution < -0.4 is 5.32 Å². The molecule has 2 N–H and O–H groups in total. The molecule has 0 aromatic rings. The van der Waals surface area contributed by atoms with Crippen LogP contribution in [0.3, 0.4) is 0 Å². The fourth-order valence-electron chi connectivity index (χ4n) is 2.47. The van der Waals surface area contributed by atoms with Gasteiger partial charge in [0.25, 0.3) is 0 Å². The summed E-state index contributed by atoms with van der Waals surface area (Å²) in [5.41, 5.74) is -1.29. The molecule has 100 valence electrons. The average Bonchev–Trinajstić information content (AvgIpc) is 2.76. The molecule has 2 amide bonds. The molecule has 0 atom stereocenters. The first-order chi connectivity index (χ1) is 8.56. The maximum atomic E-state index is 11.8. The molecule has 0 aromatic heterocycles. The van der Waals surface area contributed by atoms with Crippen molar-refractivity contribution in [2.75, 3.05) is 19.6 Å². The molecule has 6 heteroatoms. The fraction of sp³-hybridized carbons (Fsp3) is 0.750. The lowest BCUT2D eigenvalue weighted by Gasteiger charge is -2.35. The predicted molar refractivity (Wildman–Crippen MR) is 62.7 cm³/mol. The number of aliphatic carboxylic acids is 1. The van der Waals surface area contributed by atoms with E-state index in [9.17, 15) is 14.4 Å². The van der Waals surface area contributed by atoms with Crippen LogP contribution in [-0.4, -0.2) is 47.4 Å². The molecule has 1 heterocycles. The van der Waals surface area contributed by atoms with Crippen LogP contribution in [0.2, 0.25) is 0 Å². The first kappa shape index (κ1) is 12.9. The van der Waals surface area contributed by atoms with Crippen molar-refractivity contribution >= 4 is 17.8 Å². The summed E-state index contributed by atoms with van der Waals surface area (Å²) in [6, 6.07) is 0. The number of amides is 2. The molecule has 0 spiro atoms. The van der Waals surface area contributed by atoms with Crippen molar-refractivity contribution in [3.63, 3.8) is 0 Å². The number of carbonyl (C=O) groups is 3. The normalized spacial score (nSPS) is 21.2. The van der Waals surface area contributed by atoms with Crippen molar-refractivity contribution in [1.82, 2.24) is 10.2 Å². The molecule has 6 nitrogen and oxygen atoms in total. The molecule has 0 bridgehead atoms. The van der Waals surface area contributed by atoms with Crippen molar-refractivity contribution in [2.24, 2.45) is 5.41 Å². The molecule has 1 saturated carbocycles. The molecule has 18 heavy (non-hydrogen) atoms. The minimum absolute atomic E-state index is 0.0894. The highest BCUT2D eigenvalue weighted by Gasteiger charge is 2.51. The zero-order chi connectivity index (χ0) is 13.2. The predicted octanol–water partition coefficient (Wildman–Crippen LogP) is -0.0201.